The van der Waals surface area contributed by atoms with Gasteiger partial charge in [-0.1, -0.05) is 41.9 Å². The lowest BCUT2D eigenvalue weighted by Gasteiger charge is -2.18. The average molecular weight is 302 g/mol. The Bertz CT molecular complexity index is 657. The van der Waals surface area contributed by atoms with Gasteiger partial charge in [0, 0.05) is 24.2 Å². The molecule has 3 rings (SSSR count). The molecule has 0 N–H and O–H groups in total. The zero-order chi connectivity index (χ0) is 14.7. The van der Waals surface area contributed by atoms with Crippen molar-refractivity contribution in [2.45, 2.75) is 6.54 Å². The van der Waals surface area contributed by atoms with E-state index in [9.17, 15) is 4.79 Å². The van der Waals surface area contributed by atoms with E-state index in [1.807, 2.05) is 36.4 Å². The molecule has 0 atom stereocenters. The van der Waals surface area contributed by atoms with E-state index in [2.05, 4.69) is 4.90 Å². The van der Waals surface area contributed by atoms with E-state index >= 15 is 0 Å². The van der Waals surface area contributed by atoms with E-state index in [-0.39, 0.29) is 5.78 Å². The minimum atomic E-state index is 0.0416. The predicted octanol–water partition coefficient (Wildman–Crippen LogP) is 3.42. The number of carbonyl (C=O) groups is 1. The highest BCUT2D eigenvalue weighted by Gasteiger charge is 2.19. The van der Waals surface area contributed by atoms with Gasteiger partial charge in [0.15, 0.2) is 5.78 Å². The number of hydrogen-bond acceptors (Lipinski definition) is 3. The first-order valence-electron chi connectivity index (χ1n) is 6.95. The summed E-state index contributed by atoms with van der Waals surface area (Å²) in [4.78, 5) is 14.5. The smallest absolute Gasteiger partial charge is 0.178 e. The van der Waals surface area contributed by atoms with Crippen molar-refractivity contribution < 1.29 is 9.53 Å². The van der Waals surface area contributed by atoms with Gasteiger partial charge < -0.3 is 4.74 Å². The monoisotopic (exact) mass is 301 g/mol. The number of nitrogens with zero attached hydrogens (tertiary/aromatic N) is 1. The maximum absolute atomic E-state index is 12.4. The number of fused-ring (bicyclic) bond motifs is 1. The van der Waals surface area contributed by atoms with Crippen LogP contribution < -0.4 is 4.74 Å². The first-order valence-corrected chi connectivity index (χ1v) is 7.32. The molecule has 0 fully saturated rings. The largest absolute Gasteiger partial charge is 0.492 e. The maximum Gasteiger partial charge on any atom is 0.178 e. The van der Waals surface area contributed by atoms with Crippen LogP contribution in [0.15, 0.2) is 48.5 Å². The molecule has 1 aliphatic rings. The SMILES string of the molecule is O=C(CN1CCOc2ccccc2C1)c1ccccc1Cl. The number of ether oxygens (including phenoxy) is 1. The lowest BCUT2D eigenvalue weighted by molar-refractivity contribution is 0.0921. The van der Waals surface area contributed by atoms with Crippen LogP contribution in [0.25, 0.3) is 0 Å². The van der Waals surface area contributed by atoms with Crippen molar-refractivity contribution in [3.8, 4) is 5.75 Å². The summed E-state index contributed by atoms with van der Waals surface area (Å²) in [6.45, 7) is 2.38. The number of benzene rings is 2. The van der Waals surface area contributed by atoms with Crippen LogP contribution in [-0.2, 0) is 6.54 Å². The molecule has 0 spiro atoms. The standard InChI is InChI=1S/C17H16ClNO2/c18-15-7-3-2-6-14(15)16(20)12-19-9-10-21-17-8-4-1-5-13(17)11-19/h1-8H,9-12H2. The third-order valence-electron chi connectivity index (χ3n) is 3.57. The van der Waals surface area contributed by atoms with E-state index in [1.54, 1.807) is 12.1 Å². The summed E-state index contributed by atoms with van der Waals surface area (Å²) < 4.78 is 5.71. The Kier molecular flexibility index (Phi) is 4.23. The molecule has 1 aliphatic heterocycles. The van der Waals surface area contributed by atoms with E-state index in [4.69, 9.17) is 16.3 Å². The number of para-hydroxylation sites is 1. The quantitative estimate of drug-likeness (QED) is 0.814. The lowest BCUT2D eigenvalue weighted by Crippen LogP contribution is -2.31. The highest BCUT2D eigenvalue weighted by Crippen LogP contribution is 2.23. The first-order chi connectivity index (χ1) is 10.2. The molecule has 0 aliphatic carbocycles. The van der Waals surface area contributed by atoms with E-state index < -0.39 is 0 Å². The van der Waals surface area contributed by atoms with E-state index in [0.717, 1.165) is 17.9 Å². The van der Waals surface area contributed by atoms with Crippen molar-refractivity contribution >= 4 is 17.4 Å². The second-order valence-electron chi connectivity index (χ2n) is 5.07. The van der Waals surface area contributed by atoms with Crippen molar-refractivity contribution in [3.63, 3.8) is 0 Å². The molecule has 2 aromatic carbocycles. The first kappa shape index (κ1) is 14.1. The maximum atomic E-state index is 12.4. The Morgan fingerprint density at radius 2 is 1.90 bits per heavy atom. The van der Waals surface area contributed by atoms with Crippen LogP contribution in [0.2, 0.25) is 5.02 Å². The van der Waals surface area contributed by atoms with E-state index in [0.29, 0.717) is 30.3 Å². The Morgan fingerprint density at radius 3 is 2.76 bits per heavy atom. The molecule has 21 heavy (non-hydrogen) atoms. The third kappa shape index (κ3) is 3.26. The summed E-state index contributed by atoms with van der Waals surface area (Å²) in [6.07, 6.45) is 0. The van der Waals surface area contributed by atoms with Gasteiger partial charge in [-0.3, -0.25) is 9.69 Å². The minimum absolute atomic E-state index is 0.0416. The van der Waals surface area contributed by atoms with Crippen molar-refractivity contribution in [2.24, 2.45) is 0 Å². The Hall–Kier alpha value is -1.84. The molecule has 0 saturated heterocycles. The van der Waals surface area contributed by atoms with Gasteiger partial charge in [-0.25, -0.2) is 0 Å². The van der Waals surface area contributed by atoms with Crippen LogP contribution in [0.1, 0.15) is 15.9 Å². The van der Waals surface area contributed by atoms with Crippen LogP contribution >= 0.6 is 11.6 Å². The summed E-state index contributed by atoms with van der Waals surface area (Å²) in [7, 11) is 0. The van der Waals surface area contributed by atoms with Crippen molar-refractivity contribution in [3.05, 3.63) is 64.7 Å². The van der Waals surface area contributed by atoms with Crippen molar-refractivity contribution in [1.29, 1.82) is 0 Å². The summed E-state index contributed by atoms with van der Waals surface area (Å²) in [5.41, 5.74) is 1.69. The Balaban J connectivity index is 1.74. The molecule has 0 saturated carbocycles. The van der Waals surface area contributed by atoms with Crippen LogP contribution in [0.4, 0.5) is 0 Å². The third-order valence-corrected chi connectivity index (χ3v) is 3.90. The zero-order valence-electron chi connectivity index (χ0n) is 11.6. The van der Waals surface area contributed by atoms with Gasteiger partial charge in [-0.15, -0.1) is 0 Å². The number of Topliss-reactive ketones (excluding diaryl/α,β-unsaturated/α-hetero) is 1. The molecule has 108 valence electrons. The van der Waals surface area contributed by atoms with Gasteiger partial charge in [0.05, 0.1) is 11.6 Å². The Labute approximate surface area is 129 Å². The minimum Gasteiger partial charge on any atom is -0.492 e. The van der Waals surface area contributed by atoms with Gasteiger partial charge >= 0.3 is 0 Å². The molecule has 0 bridgehead atoms. The second kappa shape index (κ2) is 6.29. The molecule has 0 amide bonds. The number of hydrogen-bond donors (Lipinski definition) is 0. The normalized spacial score (nSPS) is 14.9. The predicted molar refractivity (Wildman–Crippen MR) is 83.0 cm³/mol. The fourth-order valence-electron chi connectivity index (χ4n) is 2.49. The van der Waals surface area contributed by atoms with E-state index in [1.165, 1.54) is 0 Å². The van der Waals surface area contributed by atoms with Crippen molar-refractivity contribution in [2.75, 3.05) is 19.7 Å². The highest BCUT2D eigenvalue weighted by molar-refractivity contribution is 6.34. The summed E-state index contributed by atoms with van der Waals surface area (Å²) in [5, 5.41) is 0.508. The molecule has 0 unspecified atom stereocenters. The average Bonchev–Trinajstić information content (AvgIpc) is 2.69. The highest BCUT2D eigenvalue weighted by atomic mass is 35.5. The number of ketones is 1. The number of halogens is 1. The lowest BCUT2D eigenvalue weighted by atomic mass is 10.1. The van der Waals surface area contributed by atoms with Crippen molar-refractivity contribution in [1.82, 2.24) is 4.90 Å². The van der Waals surface area contributed by atoms with Gasteiger partial charge in [-0.2, -0.15) is 0 Å². The van der Waals surface area contributed by atoms with Crippen LogP contribution in [-0.4, -0.2) is 30.4 Å². The number of carbonyl (C=O) groups excluding carboxylic acids is 1. The molecule has 2 aromatic rings. The molecular weight excluding hydrogens is 286 g/mol. The van der Waals surface area contributed by atoms with Crippen LogP contribution in [0.5, 0.6) is 5.75 Å². The van der Waals surface area contributed by atoms with Gasteiger partial charge in [0.2, 0.25) is 0 Å². The topological polar surface area (TPSA) is 29.5 Å². The molecule has 0 radical (unpaired) electrons. The second-order valence-corrected chi connectivity index (χ2v) is 5.48. The summed E-state index contributed by atoms with van der Waals surface area (Å²) >= 11 is 6.09. The van der Waals surface area contributed by atoms with Gasteiger partial charge in [0.25, 0.3) is 0 Å². The van der Waals surface area contributed by atoms with Gasteiger partial charge in [-0.05, 0) is 18.2 Å². The fraction of sp³-hybridized carbons (Fsp3) is 0.235. The number of rotatable bonds is 3. The van der Waals surface area contributed by atoms with Gasteiger partial charge in [0.1, 0.15) is 12.4 Å². The summed E-state index contributed by atoms with van der Waals surface area (Å²) in [6, 6.07) is 15.1. The molecule has 0 aromatic heterocycles. The summed E-state index contributed by atoms with van der Waals surface area (Å²) in [5.74, 6) is 0.949. The molecule has 4 heteroatoms. The molecule has 1 heterocycles. The zero-order valence-corrected chi connectivity index (χ0v) is 12.3. The Morgan fingerprint density at radius 1 is 1.14 bits per heavy atom. The van der Waals surface area contributed by atoms with Crippen LogP contribution in [0, 0.1) is 0 Å². The fourth-order valence-corrected chi connectivity index (χ4v) is 2.73. The molecular formula is C17H16ClNO2. The van der Waals surface area contributed by atoms with Crippen LogP contribution in [0.3, 0.4) is 0 Å². The molecule has 3 nitrogen and oxygen atoms in total.